The van der Waals surface area contributed by atoms with Gasteiger partial charge in [-0.05, 0) is 34.4 Å². The molecule has 27 heavy (non-hydrogen) atoms. The third-order valence-corrected chi connectivity index (χ3v) is 4.68. The van der Waals surface area contributed by atoms with Gasteiger partial charge in [0.2, 0.25) is 11.9 Å². The number of benzene rings is 1. The van der Waals surface area contributed by atoms with Crippen molar-refractivity contribution < 1.29 is 9.42 Å². The third-order valence-electron chi connectivity index (χ3n) is 4.68. The van der Waals surface area contributed by atoms with Gasteiger partial charge in [0.15, 0.2) is 0 Å². The van der Waals surface area contributed by atoms with Crippen LogP contribution >= 0.6 is 0 Å². The maximum atomic E-state index is 11.7. The van der Waals surface area contributed by atoms with Crippen LogP contribution in [0.4, 0.5) is 11.8 Å². The monoisotopic (exact) mass is 367 g/mol. The quantitative estimate of drug-likeness (QED) is 0.742. The number of aromatic nitrogens is 4. The Morgan fingerprint density at radius 1 is 1.26 bits per heavy atom. The number of hydrogen-bond donors (Lipinski definition) is 1. The second kappa shape index (κ2) is 6.82. The maximum absolute atomic E-state index is 11.7. The molecule has 0 bridgehead atoms. The van der Waals surface area contributed by atoms with Gasteiger partial charge in [0.1, 0.15) is 16.9 Å². The van der Waals surface area contributed by atoms with E-state index in [1.807, 2.05) is 42.1 Å². The number of anilines is 2. The zero-order valence-corrected chi connectivity index (χ0v) is 15.6. The average molecular weight is 367 g/mol. The maximum Gasteiger partial charge on any atom is 0.227 e. The first-order valence-corrected chi connectivity index (χ1v) is 8.79. The van der Waals surface area contributed by atoms with Crippen LogP contribution in [0.5, 0.6) is 0 Å². The molecule has 1 amide bonds. The highest BCUT2D eigenvalue weighted by Crippen LogP contribution is 2.26. The van der Waals surface area contributed by atoms with Crippen LogP contribution in [-0.4, -0.2) is 51.7 Å². The Morgan fingerprint density at radius 3 is 2.85 bits per heavy atom. The lowest BCUT2D eigenvalue weighted by Crippen LogP contribution is -2.35. The summed E-state index contributed by atoms with van der Waals surface area (Å²) in [4.78, 5) is 24.7. The molecule has 0 saturated heterocycles. The number of amides is 1. The first-order valence-electron chi connectivity index (χ1n) is 8.79. The molecule has 0 fully saturated rings. The van der Waals surface area contributed by atoms with Crippen molar-refractivity contribution in [1.82, 2.24) is 25.2 Å². The van der Waals surface area contributed by atoms with Crippen molar-refractivity contribution in [1.29, 1.82) is 0 Å². The van der Waals surface area contributed by atoms with E-state index < -0.39 is 0 Å². The Hall–Kier alpha value is -3.23. The zero-order valence-electron chi connectivity index (χ0n) is 15.6. The van der Waals surface area contributed by atoms with Gasteiger partial charge >= 0.3 is 0 Å². The van der Waals surface area contributed by atoms with E-state index in [1.165, 1.54) is 0 Å². The van der Waals surface area contributed by atoms with Crippen LogP contribution in [0.2, 0.25) is 0 Å². The minimum Gasteiger partial charge on any atom is -0.366 e. The Labute approximate surface area is 156 Å². The normalized spacial score (nSPS) is 13.5. The summed E-state index contributed by atoms with van der Waals surface area (Å²) in [5.41, 5.74) is 4.48. The van der Waals surface area contributed by atoms with Gasteiger partial charge in [0.05, 0.1) is 12.2 Å². The van der Waals surface area contributed by atoms with Gasteiger partial charge in [0.25, 0.3) is 0 Å². The molecule has 4 rings (SSSR count). The van der Waals surface area contributed by atoms with Gasteiger partial charge < -0.3 is 15.1 Å². The smallest absolute Gasteiger partial charge is 0.227 e. The van der Waals surface area contributed by atoms with E-state index in [0.29, 0.717) is 25.6 Å². The number of carbonyl (C=O) groups is 1. The summed E-state index contributed by atoms with van der Waals surface area (Å²) in [6.07, 6.45) is 0.733. The average Bonchev–Trinajstić information content (AvgIpc) is 3.13. The summed E-state index contributed by atoms with van der Waals surface area (Å²) in [5, 5.41) is 11.1. The molecule has 9 heteroatoms. The van der Waals surface area contributed by atoms with Gasteiger partial charge in [-0.1, -0.05) is 6.07 Å². The number of nitrogens with zero attached hydrogens (tertiary/aromatic N) is 6. The predicted molar refractivity (Wildman–Crippen MR) is 100 cm³/mol. The summed E-state index contributed by atoms with van der Waals surface area (Å²) in [5.74, 6) is 1.50. The first-order chi connectivity index (χ1) is 13.0. The highest BCUT2D eigenvalue weighted by Gasteiger charge is 2.24. The molecule has 9 nitrogen and oxygen atoms in total. The summed E-state index contributed by atoms with van der Waals surface area (Å²) in [6.45, 7) is 3.38. The van der Waals surface area contributed by atoms with Gasteiger partial charge in [-0.25, -0.2) is 9.61 Å². The van der Waals surface area contributed by atoms with E-state index in [-0.39, 0.29) is 5.91 Å². The van der Waals surface area contributed by atoms with E-state index in [1.54, 1.807) is 6.92 Å². The fraction of sp³-hybridized carbons (Fsp3) is 0.389. The standard InChI is InChI=1S/C18H21N7O2/c1-11(26)25-7-6-13-16(10-25)20-18(24(2)3)21-17(13)19-9-12-4-5-14-15(8-12)23-27-22-14/h4-5,8H,6-7,9-10H2,1-3H3,(H,19,20,21). The molecular formula is C18H21N7O2. The summed E-state index contributed by atoms with van der Waals surface area (Å²) >= 11 is 0. The number of nitrogens with one attached hydrogen (secondary N) is 1. The first kappa shape index (κ1) is 17.2. The highest BCUT2D eigenvalue weighted by molar-refractivity contribution is 5.74. The Bertz CT molecular complexity index is 999. The molecule has 1 aliphatic heterocycles. The second-order valence-electron chi connectivity index (χ2n) is 6.82. The molecule has 1 N–H and O–H groups in total. The minimum absolute atomic E-state index is 0.0645. The largest absolute Gasteiger partial charge is 0.366 e. The van der Waals surface area contributed by atoms with E-state index >= 15 is 0 Å². The third kappa shape index (κ3) is 3.40. The van der Waals surface area contributed by atoms with Gasteiger partial charge in [-0.3, -0.25) is 4.79 Å². The molecular weight excluding hydrogens is 346 g/mol. The minimum atomic E-state index is 0.0645. The molecule has 0 radical (unpaired) electrons. The van der Waals surface area contributed by atoms with Crippen molar-refractivity contribution >= 4 is 28.7 Å². The van der Waals surface area contributed by atoms with Gasteiger partial charge in [-0.15, -0.1) is 0 Å². The lowest BCUT2D eigenvalue weighted by atomic mass is 10.1. The summed E-state index contributed by atoms with van der Waals surface area (Å²) in [6, 6.07) is 5.81. The molecule has 0 saturated carbocycles. The molecule has 1 aromatic carbocycles. The van der Waals surface area contributed by atoms with E-state index in [2.05, 4.69) is 25.6 Å². The molecule has 0 aliphatic carbocycles. The molecule has 2 aromatic heterocycles. The van der Waals surface area contributed by atoms with Crippen molar-refractivity contribution in [2.24, 2.45) is 0 Å². The molecule has 1 aliphatic rings. The fourth-order valence-corrected chi connectivity index (χ4v) is 3.16. The molecule has 0 unspecified atom stereocenters. The van der Waals surface area contributed by atoms with E-state index in [0.717, 1.165) is 40.1 Å². The van der Waals surface area contributed by atoms with Crippen molar-refractivity contribution in [2.45, 2.75) is 26.4 Å². The van der Waals surface area contributed by atoms with Crippen molar-refractivity contribution in [2.75, 3.05) is 30.9 Å². The Kier molecular flexibility index (Phi) is 4.35. The molecule has 0 spiro atoms. The second-order valence-corrected chi connectivity index (χ2v) is 6.82. The molecule has 140 valence electrons. The van der Waals surface area contributed by atoms with Crippen molar-refractivity contribution in [3.8, 4) is 0 Å². The van der Waals surface area contributed by atoms with Gasteiger partial charge in [-0.2, -0.15) is 4.98 Å². The van der Waals surface area contributed by atoms with Gasteiger partial charge in [0, 0.05) is 39.7 Å². The van der Waals surface area contributed by atoms with Crippen LogP contribution in [0, 0.1) is 0 Å². The topological polar surface area (TPSA) is 100 Å². The van der Waals surface area contributed by atoms with Crippen LogP contribution in [0.3, 0.4) is 0 Å². The molecule has 3 heterocycles. The zero-order chi connectivity index (χ0) is 19.0. The predicted octanol–water partition coefficient (Wildman–Crippen LogP) is 1.60. The highest BCUT2D eigenvalue weighted by atomic mass is 16.6. The number of carbonyl (C=O) groups excluding carboxylic acids is 1. The van der Waals surface area contributed by atoms with Crippen LogP contribution in [0.15, 0.2) is 22.8 Å². The lowest BCUT2D eigenvalue weighted by Gasteiger charge is -2.29. The number of rotatable bonds is 4. The van der Waals surface area contributed by atoms with Crippen LogP contribution < -0.4 is 10.2 Å². The SMILES string of the molecule is CC(=O)N1CCc2c(nc(N(C)C)nc2NCc2ccc3nonc3c2)C1. The van der Waals surface area contributed by atoms with Crippen molar-refractivity contribution in [3.05, 3.63) is 35.0 Å². The molecule has 0 atom stereocenters. The number of fused-ring (bicyclic) bond motifs is 2. The Morgan fingerprint density at radius 2 is 2.07 bits per heavy atom. The number of hydrogen-bond acceptors (Lipinski definition) is 8. The van der Waals surface area contributed by atoms with Crippen LogP contribution in [0.1, 0.15) is 23.7 Å². The lowest BCUT2D eigenvalue weighted by molar-refractivity contribution is -0.129. The van der Waals surface area contributed by atoms with Crippen molar-refractivity contribution in [3.63, 3.8) is 0 Å². The summed E-state index contributed by atoms with van der Waals surface area (Å²) in [7, 11) is 3.81. The molecule has 3 aromatic rings. The van der Waals surface area contributed by atoms with Crippen LogP contribution in [-0.2, 0) is 24.3 Å². The fourth-order valence-electron chi connectivity index (χ4n) is 3.16. The van der Waals surface area contributed by atoms with E-state index in [9.17, 15) is 4.79 Å². The van der Waals surface area contributed by atoms with Crippen LogP contribution in [0.25, 0.3) is 11.0 Å². The Balaban J connectivity index is 1.62. The summed E-state index contributed by atoms with van der Waals surface area (Å²) < 4.78 is 4.75. The van der Waals surface area contributed by atoms with E-state index in [4.69, 9.17) is 4.63 Å².